The van der Waals surface area contributed by atoms with Gasteiger partial charge in [0, 0.05) is 18.5 Å². The number of nitrogens with zero attached hydrogens (tertiary/aromatic N) is 1. The van der Waals surface area contributed by atoms with Gasteiger partial charge in [0.05, 0.1) is 11.6 Å². The molecule has 2 bridgehead atoms. The van der Waals surface area contributed by atoms with Crippen molar-refractivity contribution < 1.29 is 15.0 Å². The van der Waals surface area contributed by atoms with Crippen LogP contribution < -0.4 is 5.32 Å². The Morgan fingerprint density at radius 3 is 2.71 bits per heavy atom. The fourth-order valence-corrected chi connectivity index (χ4v) is 5.70. The van der Waals surface area contributed by atoms with Gasteiger partial charge in [-0.1, -0.05) is 30.3 Å². The van der Waals surface area contributed by atoms with E-state index < -0.39 is 17.7 Å². The molecule has 0 radical (unpaired) electrons. The zero-order valence-corrected chi connectivity index (χ0v) is 13.9. The Kier molecular flexibility index (Phi) is 4.01. The second-order valence-corrected chi connectivity index (χ2v) is 7.57. The third kappa shape index (κ3) is 2.25. The number of amides is 1. The van der Waals surface area contributed by atoms with E-state index in [1.807, 2.05) is 30.3 Å². The van der Waals surface area contributed by atoms with Crippen LogP contribution in [0.3, 0.4) is 0 Å². The Morgan fingerprint density at radius 2 is 2.04 bits per heavy atom. The van der Waals surface area contributed by atoms with Gasteiger partial charge in [0.25, 0.3) is 0 Å². The molecule has 0 aliphatic carbocycles. The Balaban J connectivity index is 1.84. The first-order valence-corrected chi connectivity index (χ1v) is 9.10. The van der Waals surface area contributed by atoms with Gasteiger partial charge in [-0.25, -0.2) is 4.79 Å². The summed E-state index contributed by atoms with van der Waals surface area (Å²) in [6.45, 7) is 1.84. The van der Waals surface area contributed by atoms with E-state index in [0.29, 0.717) is 6.42 Å². The topological polar surface area (TPSA) is 72.8 Å². The van der Waals surface area contributed by atoms with E-state index in [0.717, 1.165) is 44.3 Å². The van der Waals surface area contributed by atoms with Crippen LogP contribution in [-0.4, -0.2) is 52.0 Å². The van der Waals surface area contributed by atoms with E-state index in [1.165, 1.54) is 0 Å². The molecule has 3 heterocycles. The van der Waals surface area contributed by atoms with E-state index in [9.17, 15) is 15.0 Å². The van der Waals surface area contributed by atoms with Crippen molar-refractivity contribution in [3.05, 3.63) is 35.9 Å². The van der Waals surface area contributed by atoms with Crippen LogP contribution in [0.1, 0.15) is 43.6 Å². The number of benzene rings is 1. The van der Waals surface area contributed by atoms with Crippen molar-refractivity contribution in [1.82, 2.24) is 10.2 Å². The largest absolute Gasteiger partial charge is 0.465 e. The maximum atomic E-state index is 12.2. The predicted molar refractivity (Wildman–Crippen MR) is 91.0 cm³/mol. The minimum absolute atomic E-state index is 0.0422. The maximum Gasteiger partial charge on any atom is 0.408 e. The molecule has 5 nitrogen and oxygen atoms in total. The summed E-state index contributed by atoms with van der Waals surface area (Å²) in [5, 5.41) is 24.4. The highest BCUT2D eigenvalue weighted by Gasteiger charge is 2.62. The average Bonchev–Trinajstić information content (AvgIpc) is 2.89. The quantitative estimate of drug-likeness (QED) is 0.779. The molecular formula is C19H26N2O3. The second-order valence-electron chi connectivity index (χ2n) is 7.57. The van der Waals surface area contributed by atoms with Crippen LogP contribution in [-0.2, 0) is 0 Å². The van der Waals surface area contributed by atoms with Crippen LogP contribution in [0.4, 0.5) is 4.79 Å². The summed E-state index contributed by atoms with van der Waals surface area (Å²) >= 11 is 0. The second kappa shape index (κ2) is 6.05. The Hall–Kier alpha value is -1.59. The summed E-state index contributed by atoms with van der Waals surface area (Å²) < 4.78 is 0. The molecule has 1 aromatic carbocycles. The lowest BCUT2D eigenvalue weighted by atomic mass is 9.64. The predicted octanol–water partition coefficient (Wildman–Crippen LogP) is 2.42. The first-order chi connectivity index (χ1) is 11.6. The molecule has 0 aromatic heterocycles. The molecule has 0 spiro atoms. The van der Waals surface area contributed by atoms with Gasteiger partial charge < -0.3 is 15.5 Å². The van der Waals surface area contributed by atoms with Crippen molar-refractivity contribution in [2.24, 2.45) is 5.92 Å². The highest BCUT2D eigenvalue weighted by molar-refractivity contribution is 5.68. The third-order valence-electron chi connectivity index (χ3n) is 6.50. The van der Waals surface area contributed by atoms with Gasteiger partial charge >= 0.3 is 6.09 Å². The van der Waals surface area contributed by atoms with Crippen LogP contribution in [0, 0.1) is 5.92 Å². The van der Waals surface area contributed by atoms with Crippen molar-refractivity contribution in [3.8, 4) is 0 Å². The first-order valence-electron chi connectivity index (χ1n) is 9.10. The lowest BCUT2D eigenvalue weighted by Gasteiger charge is -2.55. The van der Waals surface area contributed by atoms with Gasteiger partial charge in [0.15, 0.2) is 0 Å². The molecule has 3 fully saturated rings. The summed E-state index contributed by atoms with van der Waals surface area (Å²) in [7, 11) is 0. The number of fused-ring (bicyclic) bond motifs is 2. The van der Waals surface area contributed by atoms with Gasteiger partial charge in [-0.3, -0.25) is 4.90 Å². The Labute approximate surface area is 142 Å². The Morgan fingerprint density at radius 1 is 1.25 bits per heavy atom. The molecule has 5 heteroatoms. The molecule has 130 valence electrons. The number of aliphatic hydroxyl groups excluding tert-OH is 1. The summed E-state index contributed by atoms with van der Waals surface area (Å²) in [4.78, 5) is 13.9. The molecule has 5 unspecified atom stereocenters. The van der Waals surface area contributed by atoms with Crippen LogP contribution in [0.2, 0.25) is 0 Å². The molecule has 3 aliphatic heterocycles. The summed E-state index contributed by atoms with van der Waals surface area (Å²) in [5.41, 5.74) is 0.588. The van der Waals surface area contributed by atoms with Crippen molar-refractivity contribution in [2.45, 2.75) is 55.7 Å². The SMILES string of the molecule is O=C(O)N1C2CCC1(C1CCCNC1)C(c1ccccc1)C(O)C2. The van der Waals surface area contributed by atoms with Gasteiger partial charge in [-0.2, -0.15) is 0 Å². The molecule has 3 aliphatic rings. The van der Waals surface area contributed by atoms with Crippen LogP contribution in [0.5, 0.6) is 0 Å². The van der Waals surface area contributed by atoms with Crippen LogP contribution >= 0.6 is 0 Å². The van der Waals surface area contributed by atoms with Gasteiger partial charge in [0.1, 0.15) is 0 Å². The normalized spacial score (nSPS) is 39.0. The molecule has 4 rings (SSSR count). The number of hydrogen-bond acceptors (Lipinski definition) is 3. The molecule has 24 heavy (non-hydrogen) atoms. The van der Waals surface area contributed by atoms with Crippen molar-refractivity contribution in [2.75, 3.05) is 13.1 Å². The summed E-state index contributed by atoms with van der Waals surface area (Å²) in [6, 6.07) is 10.00. The number of nitrogens with one attached hydrogen (secondary N) is 1. The molecule has 1 amide bonds. The number of piperidine rings is 2. The molecular weight excluding hydrogens is 304 g/mol. The zero-order valence-electron chi connectivity index (χ0n) is 13.9. The van der Waals surface area contributed by atoms with Gasteiger partial charge in [-0.15, -0.1) is 0 Å². The van der Waals surface area contributed by atoms with E-state index >= 15 is 0 Å². The Bertz CT molecular complexity index is 602. The number of carbonyl (C=O) groups is 1. The van der Waals surface area contributed by atoms with Crippen LogP contribution in [0.25, 0.3) is 0 Å². The van der Waals surface area contributed by atoms with Crippen molar-refractivity contribution in [1.29, 1.82) is 0 Å². The third-order valence-corrected chi connectivity index (χ3v) is 6.50. The standard InChI is InChI=1S/C19H26N2O3/c22-16-11-15-8-9-19(21(15)18(23)24,14-7-4-10-20-12-14)17(16)13-5-2-1-3-6-13/h1-3,5-6,14-17,20,22H,4,7-12H2,(H,23,24). The average molecular weight is 330 g/mol. The monoisotopic (exact) mass is 330 g/mol. The van der Waals surface area contributed by atoms with Gasteiger partial charge in [0.2, 0.25) is 0 Å². The lowest BCUT2D eigenvalue weighted by molar-refractivity contribution is -0.0613. The number of carboxylic acid groups (broad SMARTS) is 1. The highest BCUT2D eigenvalue weighted by Crippen LogP contribution is 2.56. The minimum Gasteiger partial charge on any atom is -0.465 e. The van der Waals surface area contributed by atoms with E-state index in [4.69, 9.17) is 0 Å². The molecule has 1 aromatic rings. The number of hydrogen-bond donors (Lipinski definition) is 3. The van der Waals surface area contributed by atoms with Crippen molar-refractivity contribution >= 4 is 6.09 Å². The fraction of sp³-hybridized carbons (Fsp3) is 0.632. The molecule has 5 atom stereocenters. The van der Waals surface area contributed by atoms with E-state index in [1.54, 1.807) is 4.90 Å². The summed E-state index contributed by atoms with van der Waals surface area (Å²) in [5.74, 6) is 0.117. The zero-order chi connectivity index (χ0) is 16.7. The molecule has 3 N–H and O–H groups in total. The lowest BCUT2D eigenvalue weighted by Crippen LogP contribution is -2.65. The smallest absolute Gasteiger partial charge is 0.408 e. The summed E-state index contributed by atoms with van der Waals surface area (Å²) in [6.07, 6.45) is 3.07. The number of rotatable bonds is 2. The molecule has 0 saturated carbocycles. The van der Waals surface area contributed by atoms with Crippen molar-refractivity contribution in [3.63, 3.8) is 0 Å². The minimum atomic E-state index is -0.823. The van der Waals surface area contributed by atoms with E-state index in [2.05, 4.69) is 5.32 Å². The highest BCUT2D eigenvalue weighted by atomic mass is 16.4. The fourth-order valence-electron chi connectivity index (χ4n) is 5.70. The molecule has 3 saturated heterocycles. The van der Waals surface area contributed by atoms with Crippen LogP contribution in [0.15, 0.2) is 30.3 Å². The first kappa shape index (κ1) is 15.9. The van der Waals surface area contributed by atoms with E-state index in [-0.39, 0.29) is 17.9 Å². The maximum absolute atomic E-state index is 12.2. The number of aliphatic hydroxyl groups is 1. The van der Waals surface area contributed by atoms with Gasteiger partial charge in [-0.05, 0) is 50.1 Å².